The Kier molecular flexibility index (Phi) is 7.15. The number of nitriles is 1. The van der Waals surface area contributed by atoms with Crippen molar-refractivity contribution in [3.8, 4) is 11.8 Å². The zero-order chi connectivity index (χ0) is 14.8. The fraction of sp³-hybridized carbons (Fsp3) is 0.467. The lowest BCUT2D eigenvalue weighted by Crippen LogP contribution is -2.32. The molecule has 108 valence electrons. The van der Waals surface area contributed by atoms with E-state index in [0.29, 0.717) is 37.0 Å². The van der Waals surface area contributed by atoms with E-state index in [1.807, 2.05) is 6.07 Å². The number of nitrogens with zero attached hydrogens (tertiary/aromatic N) is 1. The van der Waals surface area contributed by atoms with Gasteiger partial charge in [-0.25, -0.2) is 0 Å². The molecule has 1 aromatic carbocycles. The van der Waals surface area contributed by atoms with Gasteiger partial charge < -0.3 is 14.8 Å². The van der Waals surface area contributed by atoms with Crippen LogP contribution >= 0.6 is 0 Å². The molecule has 0 aliphatic carbocycles. The van der Waals surface area contributed by atoms with Crippen molar-refractivity contribution in [2.75, 3.05) is 26.4 Å². The second-order valence-electron chi connectivity index (χ2n) is 4.72. The lowest BCUT2D eigenvalue weighted by Gasteiger charge is -2.09. The van der Waals surface area contributed by atoms with Crippen molar-refractivity contribution < 1.29 is 14.3 Å². The van der Waals surface area contributed by atoms with E-state index < -0.39 is 0 Å². The van der Waals surface area contributed by atoms with E-state index in [1.165, 1.54) is 0 Å². The number of rotatable bonds is 8. The lowest BCUT2D eigenvalue weighted by molar-refractivity contribution is -0.123. The number of amides is 1. The molecule has 0 saturated heterocycles. The number of carbonyl (C=O) groups is 1. The van der Waals surface area contributed by atoms with Gasteiger partial charge in [0.05, 0.1) is 12.2 Å². The molecule has 0 spiro atoms. The quantitative estimate of drug-likeness (QED) is 0.734. The Morgan fingerprint density at radius 3 is 2.85 bits per heavy atom. The molecule has 5 nitrogen and oxygen atoms in total. The summed E-state index contributed by atoms with van der Waals surface area (Å²) >= 11 is 0. The maximum Gasteiger partial charge on any atom is 0.258 e. The Balaban J connectivity index is 2.22. The van der Waals surface area contributed by atoms with Crippen LogP contribution in [0.3, 0.4) is 0 Å². The summed E-state index contributed by atoms with van der Waals surface area (Å²) in [5.41, 5.74) is 0.417. The van der Waals surface area contributed by atoms with E-state index in [2.05, 4.69) is 19.2 Å². The number of benzene rings is 1. The maximum absolute atomic E-state index is 11.5. The molecule has 1 rings (SSSR count). The molecule has 0 aliphatic heterocycles. The number of hydrogen-bond acceptors (Lipinski definition) is 4. The molecule has 0 heterocycles. The first-order chi connectivity index (χ1) is 9.63. The summed E-state index contributed by atoms with van der Waals surface area (Å²) in [6, 6.07) is 8.83. The van der Waals surface area contributed by atoms with Crippen LogP contribution < -0.4 is 10.1 Å². The Bertz CT molecular complexity index is 466. The molecule has 0 fully saturated rings. The molecule has 0 aliphatic rings. The topological polar surface area (TPSA) is 71.3 Å². The summed E-state index contributed by atoms with van der Waals surface area (Å²) in [5.74, 6) is 0.670. The molecule has 0 radical (unpaired) electrons. The SMILES string of the molecule is CC(C)COCCNC(=O)COc1ccccc1C#N. The molecule has 0 aromatic heterocycles. The molecular weight excluding hydrogens is 256 g/mol. The average molecular weight is 276 g/mol. The molecule has 20 heavy (non-hydrogen) atoms. The van der Waals surface area contributed by atoms with Crippen molar-refractivity contribution in [2.45, 2.75) is 13.8 Å². The highest BCUT2D eigenvalue weighted by atomic mass is 16.5. The van der Waals surface area contributed by atoms with Crippen LogP contribution in [0.2, 0.25) is 0 Å². The number of nitrogens with one attached hydrogen (secondary N) is 1. The van der Waals surface area contributed by atoms with Crippen LogP contribution in [0.15, 0.2) is 24.3 Å². The van der Waals surface area contributed by atoms with Gasteiger partial charge in [-0.3, -0.25) is 4.79 Å². The predicted molar refractivity (Wildman–Crippen MR) is 75.3 cm³/mol. The van der Waals surface area contributed by atoms with Gasteiger partial charge in [0, 0.05) is 13.2 Å². The van der Waals surface area contributed by atoms with E-state index in [1.54, 1.807) is 24.3 Å². The monoisotopic (exact) mass is 276 g/mol. The first kappa shape index (κ1) is 16.0. The van der Waals surface area contributed by atoms with Crippen molar-refractivity contribution >= 4 is 5.91 Å². The van der Waals surface area contributed by atoms with E-state index in [-0.39, 0.29) is 12.5 Å². The summed E-state index contributed by atoms with van der Waals surface area (Å²) < 4.78 is 10.7. The van der Waals surface area contributed by atoms with Crippen LogP contribution in [0.1, 0.15) is 19.4 Å². The van der Waals surface area contributed by atoms with Crippen molar-refractivity contribution in [1.29, 1.82) is 5.26 Å². The lowest BCUT2D eigenvalue weighted by atomic mass is 10.2. The van der Waals surface area contributed by atoms with Crippen molar-refractivity contribution in [3.63, 3.8) is 0 Å². The largest absolute Gasteiger partial charge is 0.482 e. The molecular formula is C15H20N2O3. The minimum atomic E-state index is -0.231. The highest BCUT2D eigenvalue weighted by molar-refractivity contribution is 5.77. The maximum atomic E-state index is 11.5. The molecule has 1 amide bonds. The van der Waals surface area contributed by atoms with E-state index in [9.17, 15) is 4.79 Å². The standard InChI is InChI=1S/C15H20N2O3/c1-12(2)10-19-8-7-17-15(18)11-20-14-6-4-3-5-13(14)9-16/h3-6,12H,7-8,10-11H2,1-2H3,(H,17,18). The van der Waals surface area contributed by atoms with Gasteiger partial charge in [-0.2, -0.15) is 5.26 Å². The third-order valence-corrected chi connectivity index (χ3v) is 2.39. The summed E-state index contributed by atoms with van der Waals surface area (Å²) in [6.07, 6.45) is 0. The van der Waals surface area contributed by atoms with Crippen LogP contribution in [-0.2, 0) is 9.53 Å². The van der Waals surface area contributed by atoms with Crippen LogP contribution in [0, 0.1) is 17.2 Å². The third-order valence-electron chi connectivity index (χ3n) is 2.39. The van der Waals surface area contributed by atoms with Gasteiger partial charge in [-0.1, -0.05) is 26.0 Å². The second kappa shape index (κ2) is 8.94. The summed E-state index contributed by atoms with van der Waals surface area (Å²) in [7, 11) is 0. The van der Waals surface area contributed by atoms with Gasteiger partial charge in [0.1, 0.15) is 11.8 Å². The van der Waals surface area contributed by atoms with Gasteiger partial charge in [-0.05, 0) is 18.1 Å². The van der Waals surface area contributed by atoms with Crippen LogP contribution in [0.4, 0.5) is 0 Å². The molecule has 5 heteroatoms. The second-order valence-corrected chi connectivity index (χ2v) is 4.72. The van der Waals surface area contributed by atoms with Crippen LogP contribution in [0.5, 0.6) is 5.75 Å². The first-order valence-electron chi connectivity index (χ1n) is 6.60. The highest BCUT2D eigenvalue weighted by Crippen LogP contribution is 2.15. The van der Waals surface area contributed by atoms with Gasteiger partial charge >= 0.3 is 0 Å². The Labute approximate surface area is 119 Å². The average Bonchev–Trinajstić information content (AvgIpc) is 2.44. The fourth-order valence-electron chi connectivity index (χ4n) is 1.46. The predicted octanol–water partition coefficient (Wildman–Crippen LogP) is 1.73. The normalized spacial score (nSPS) is 10.1. The summed E-state index contributed by atoms with van der Waals surface area (Å²) in [6.45, 7) is 5.65. The summed E-state index contributed by atoms with van der Waals surface area (Å²) in [5, 5.41) is 11.6. The van der Waals surface area contributed by atoms with Gasteiger partial charge in [0.15, 0.2) is 6.61 Å². The molecule has 0 bridgehead atoms. The minimum Gasteiger partial charge on any atom is -0.482 e. The van der Waals surface area contributed by atoms with Crippen molar-refractivity contribution in [2.24, 2.45) is 5.92 Å². The third kappa shape index (κ3) is 6.21. The minimum absolute atomic E-state index is 0.108. The molecule has 0 unspecified atom stereocenters. The van der Waals surface area contributed by atoms with Gasteiger partial charge in [0.2, 0.25) is 0 Å². The molecule has 0 atom stereocenters. The first-order valence-corrected chi connectivity index (χ1v) is 6.60. The van der Waals surface area contributed by atoms with Crippen LogP contribution in [-0.4, -0.2) is 32.3 Å². The number of ether oxygens (including phenoxy) is 2. The smallest absolute Gasteiger partial charge is 0.258 e. The Morgan fingerprint density at radius 1 is 1.40 bits per heavy atom. The van der Waals surface area contributed by atoms with E-state index in [4.69, 9.17) is 14.7 Å². The van der Waals surface area contributed by atoms with Crippen LogP contribution in [0.25, 0.3) is 0 Å². The Hall–Kier alpha value is -2.06. The number of para-hydroxylation sites is 1. The highest BCUT2D eigenvalue weighted by Gasteiger charge is 2.05. The number of carbonyl (C=O) groups excluding carboxylic acids is 1. The molecule has 1 N–H and O–H groups in total. The van der Waals surface area contributed by atoms with Gasteiger partial charge in [-0.15, -0.1) is 0 Å². The summed E-state index contributed by atoms with van der Waals surface area (Å²) in [4.78, 5) is 11.5. The van der Waals surface area contributed by atoms with E-state index >= 15 is 0 Å². The fourth-order valence-corrected chi connectivity index (χ4v) is 1.46. The molecule has 0 saturated carbocycles. The van der Waals surface area contributed by atoms with Gasteiger partial charge in [0.25, 0.3) is 5.91 Å². The zero-order valence-corrected chi connectivity index (χ0v) is 11.9. The zero-order valence-electron chi connectivity index (χ0n) is 11.9. The Morgan fingerprint density at radius 2 is 2.15 bits per heavy atom. The van der Waals surface area contributed by atoms with Crippen molar-refractivity contribution in [3.05, 3.63) is 29.8 Å². The number of hydrogen-bond donors (Lipinski definition) is 1. The van der Waals surface area contributed by atoms with E-state index in [0.717, 1.165) is 0 Å². The molecule has 1 aromatic rings. The van der Waals surface area contributed by atoms with Crippen molar-refractivity contribution in [1.82, 2.24) is 5.32 Å².